The van der Waals surface area contributed by atoms with Crippen LogP contribution in [0.5, 0.6) is 0 Å². The quantitative estimate of drug-likeness (QED) is 0.719. The van der Waals surface area contributed by atoms with Gasteiger partial charge < -0.3 is 5.32 Å². The number of nitrogens with one attached hydrogen (secondary N) is 1. The van der Waals surface area contributed by atoms with Crippen molar-refractivity contribution < 1.29 is 4.79 Å². The molecule has 2 rings (SSSR count). The number of carbonyl (C=O) groups excluding carboxylic acids is 1. The fourth-order valence-corrected chi connectivity index (χ4v) is 3.01. The normalized spacial score (nSPS) is 34.5. The number of rotatable bonds is 1. The summed E-state index contributed by atoms with van der Waals surface area (Å²) in [4.78, 5) is 11.9. The molecule has 1 heterocycles. The molecule has 15 heavy (non-hydrogen) atoms. The van der Waals surface area contributed by atoms with Crippen LogP contribution in [-0.4, -0.2) is 18.4 Å². The van der Waals surface area contributed by atoms with Gasteiger partial charge in [0.25, 0.3) is 0 Å². The Morgan fingerprint density at radius 3 is 2.60 bits per heavy atom. The van der Waals surface area contributed by atoms with Crippen molar-refractivity contribution in [2.75, 3.05) is 6.54 Å². The summed E-state index contributed by atoms with van der Waals surface area (Å²) >= 11 is 0. The molecule has 0 bridgehead atoms. The van der Waals surface area contributed by atoms with Crippen molar-refractivity contribution in [3.8, 4) is 0 Å². The van der Waals surface area contributed by atoms with Gasteiger partial charge in [-0.2, -0.15) is 0 Å². The van der Waals surface area contributed by atoms with Gasteiger partial charge in [-0.25, -0.2) is 0 Å². The van der Waals surface area contributed by atoms with Crippen molar-refractivity contribution >= 4 is 5.78 Å². The minimum atomic E-state index is 0.344. The highest BCUT2D eigenvalue weighted by molar-refractivity contribution is 5.82. The lowest BCUT2D eigenvalue weighted by Gasteiger charge is -2.31. The van der Waals surface area contributed by atoms with Gasteiger partial charge >= 0.3 is 0 Å². The fraction of sp³-hybridized carbons (Fsp3) is 0.923. The first-order valence-corrected chi connectivity index (χ1v) is 6.64. The summed E-state index contributed by atoms with van der Waals surface area (Å²) in [5, 5.41) is 3.60. The number of hydrogen-bond acceptors (Lipinski definition) is 2. The molecular formula is C13H23NO. The van der Waals surface area contributed by atoms with E-state index in [0.717, 1.165) is 25.8 Å². The second-order valence-corrected chi connectivity index (χ2v) is 5.08. The Balaban J connectivity index is 1.90. The van der Waals surface area contributed by atoms with Crippen LogP contribution in [0.1, 0.15) is 57.8 Å². The molecule has 86 valence electrons. The van der Waals surface area contributed by atoms with Crippen molar-refractivity contribution in [2.24, 2.45) is 5.92 Å². The summed E-state index contributed by atoms with van der Waals surface area (Å²) in [6.45, 7) is 1.12. The molecule has 1 saturated carbocycles. The van der Waals surface area contributed by atoms with E-state index in [9.17, 15) is 4.79 Å². The molecular weight excluding hydrogens is 186 g/mol. The predicted octanol–water partition coefficient (Wildman–Crippen LogP) is 2.67. The maximum absolute atomic E-state index is 11.9. The highest BCUT2D eigenvalue weighted by Gasteiger charge is 2.29. The second-order valence-electron chi connectivity index (χ2n) is 5.08. The van der Waals surface area contributed by atoms with Crippen molar-refractivity contribution in [2.45, 2.75) is 63.8 Å². The molecule has 2 nitrogen and oxygen atoms in total. The lowest BCUT2D eigenvalue weighted by Crippen LogP contribution is -2.42. The highest BCUT2D eigenvalue weighted by Crippen LogP contribution is 2.26. The Morgan fingerprint density at radius 2 is 1.73 bits per heavy atom. The summed E-state index contributed by atoms with van der Waals surface area (Å²) in [6.07, 6.45) is 10.9. The molecule has 1 aliphatic heterocycles. The summed E-state index contributed by atoms with van der Waals surface area (Å²) < 4.78 is 0. The van der Waals surface area contributed by atoms with Crippen molar-refractivity contribution in [1.29, 1.82) is 0 Å². The van der Waals surface area contributed by atoms with Crippen LogP contribution in [0.3, 0.4) is 0 Å². The molecule has 0 amide bonds. The Morgan fingerprint density at radius 1 is 0.933 bits per heavy atom. The van der Waals surface area contributed by atoms with Crippen LogP contribution >= 0.6 is 0 Å². The van der Waals surface area contributed by atoms with Gasteiger partial charge in [0, 0.05) is 18.4 Å². The molecule has 2 fully saturated rings. The van der Waals surface area contributed by atoms with E-state index in [1.165, 1.54) is 38.5 Å². The molecule has 2 aliphatic rings. The van der Waals surface area contributed by atoms with Gasteiger partial charge in [0.05, 0.1) is 0 Å². The maximum atomic E-state index is 11.9. The van der Waals surface area contributed by atoms with Gasteiger partial charge in [0.1, 0.15) is 5.78 Å². The second kappa shape index (κ2) is 5.64. The third-order valence-corrected chi connectivity index (χ3v) is 3.94. The van der Waals surface area contributed by atoms with Gasteiger partial charge in [0.15, 0.2) is 0 Å². The van der Waals surface area contributed by atoms with Crippen molar-refractivity contribution in [3.05, 3.63) is 0 Å². The first-order chi connectivity index (χ1) is 7.38. The average Bonchev–Trinajstić information content (AvgIpc) is 2.19. The van der Waals surface area contributed by atoms with Crippen LogP contribution in [0.2, 0.25) is 0 Å². The van der Waals surface area contributed by atoms with Crippen LogP contribution in [0.4, 0.5) is 0 Å². The maximum Gasteiger partial charge on any atom is 0.137 e. The standard InChI is InChI=1S/C13H23NO/c15-13-9-5-4-7-11(13)12-8-3-1-2-6-10-14-12/h11-12,14H,1-10H2. The summed E-state index contributed by atoms with van der Waals surface area (Å²) in [5.41, 5.74) is 0. The first-order valence-electron chi connectivity index (χ1n) is 6.64. The van der Waals surface area contributed by atoms with Crippen LogP contribution < -0.4 is 5.32 Å². The largest absolute Gasteiger partial charge is 0.313 e. The molecule has 0 aromatic rings. The molecule has 0 aromatic heterocycles. The van der Waals surface area contributed by atoms with E-state index in [1.807, 2.05) is 0 Å². The number of hydrogen-bond donors (Lipinski definition) is 1. The molecule has 0 spiro atoms. The molecule has 1 saturated heterocycles. The van der Waals surface area contributed by atoms with E-state index < -0.39 is 0 Å². The topological polar surface area (TPSA) is 29.1 Å². The van der Waals surface area contributed by atoms with E-state index in [0.29, 0.717) is 17.7 Å². The molecule has 2 heteroatoms. The van der Waals surface area contributed by atoms with E-state index in [1.54, 1.807) is 0 Å². The molecule has 1 aliphatic carbocycles. The van der Waals surface area contributed by atoms with E-state index in [2.05, 4.69) is 5.32 Å². The zero-order chi connectivity index (χ0) is 10.5. The van der Waals surface area contributed by atoms with Crippen LogP contribution in [-0.2, 0) is 4.79 Å². The predicted molar refractivity (Wildman–Crippen MR) is 61.8 cm³/mol. The fourth-order valence-electron chi connectivity index (χ4n) is 3.01. The van der Waals surface area contributed by atoms with E-state index in [4.69, 9.17) is 0 Å². The Labute approximate surface area is 92.8 Å². The van der Waals surface area contributed by atoms with Gasteiger partial charge in [-0.1, -0.05) is 25.7 Å². The van der Waals surface area contributed by atoms with Crippen molar-refractivity contribution in [1.82, 2.24) is 5.32 Å². The SMILES string of the molecule is O=C1CCCCC1C1CCCCCCN1. The average molecular weight is 209 g/mol. The smallest absolute Gasteiger partial charge is 0.137 e. The molecule has 0 radical (unpaired) electrons. The number of carbonyl (C=O) groups is 1. The minimum absolute atomic E-state index is 0.344. The Bertz CT molecular complexity index is 207. The van der Waals surface area contributed by atoms with Gasteiger partial charge in [-0.05, 0) is 32.2 Å². The third-order valence-electron chi connectivity index (χ3n) is 3.94. The highest BCUT2D eigenvalue weighted by atomic mass is 16.1. The number of Topliss-reactive ketones (excluding diaryl/α,β-unsaturated/α-hetero) is 1. The van der Waals surface area contributed by atoms with Crippen LogP contribution in [0.15, 0.2) is 0 Å². The Kier molecular flexibility index (Phi) is 4.18. The van der Waals surface area contributed by atoms with Crippen molar-refractivity contribution in [3.63, 3.8) is 0 Å². The van der Waals surface area contributed by atoms with Gasteiger partial charge in [0.2, 0.25) is 0 Å². The van der Waals surface area contributed by atoms with Crippen LogP contribution in [0, 0.1) is 5.92 Å². The summed E-state index contributed by atoms with van der Waals surface area (Å²) in [6, 6.07) is 0.498. The first kappa shape index (κ1) is 11.1. The van der Waals surface area contributed by atoms with E-state index >= 15 is 0 Å². The molecule has 0 aromatic carbocycles. The summed E-state index contributed by atoms with van der Waals surface area (Å²) in [5.74, 6) is 0.871. The van der Waals surface area contributed by atoms with Crippen LogP contribution in [0.25, 0.3) is 0 Å². The minimum Gasteiger partial charge on any atom is -0.313 e. The third kappa shape index (κ3) is 3.04. The molecule has 1 N–H and O–H groups in total. The monoisotopic (exact) mass is 209 g/mol. The van der Waals surface area contributed by atoms with Gasteiger partial charge in [-0.15, -0.1) is 0 Å². The zero-order valence-electron chi connectivity index (χ0n) is 9.63. The van der Waals surface area contributed by atoms with E-state index in [-0.39, 0.29) is 0 Å². The lowest BCUT2D eigenvalue weighted by atomic mass is 9.80. The zero-order valence-corrected chi connectivity index (χ0v) is 9.63. The Hall–Kier alpha value is -0.370. The molecule has 2 atom stereocenters. The lowest BCUT2D eigenvalue weighted by molar-refractivity contribution is -0.125. The summed E-state index contributed by atoms with van der Waals surface area (Å²) in [7, 11) is 0. The number of ketones is 1. The van der Waals surface area contributed by atoms with Gasteiger partial charge in [-0.3, -0.25) is 4.79 Å². The molecule has 2 unspecified atom stereocenters.